The average Bonchev–Trinajstić information content (AvgIpc) is 2.26. The van der Waals surface area contributed by atoms with Gasteiger partial charge in [0.1, 0.15) is 0 Å². The van der Waals surface area contributed by atoms with Crippen molar-refractivity contribution in [1.29, 1.82) is 0 Å². The monoisotopic (exact) mass is 228 g/mol. The first-order valence-electron chi connectivity index (χ1n) is 6.23. The molecule has 0 rings (SSSR count). The van der Waals surface area contributed by atoms with E-state index in [1.54, 1.807) is 0 Å². The summed E-state index contributed by atoms with van der Waals surface area (Å²) in [5.74, 6) is -0.698. The van der Waals surface area contributed by atoms with Gasteiger partial charge in [0, 0.05) is 6.42 Å². The summed E-state index contributed by atoms with van der Waals surface area (Å²) in [7, 11) is 0. The van der Waals surface area contributed by atoms with Gasteiger partial charge in [0.25, 0.3) is 0 Å². The van der Waals surface area contributed by atoms with Crippen LogP contribution in [0.4, 0.5) is 0 Å². The molecular formula is C13H24O3. The molecule has 0 saturated heterocycles. The van der Waals surface area contributed by atoms with Crippen LogP contribution >= 0.6 is 0 Å². The second-order valence-electron chi connectivity index (χ2n) is 4.10. The molecule has 0 radical (unpaired) electrons. The molecule has 3 nitrogen and oxygen atoms in total. The zero-order chi connectivity index (χ0) is 12.2. The van der Waals surface area contributed by atoms with Crippen LogP contribution in [0.25, 0.3) is 0 Å². The molecule has 0 saturated carbocycles. The third-order valence-electron chi connectivity index (χ3n) is 2.54. The van der Waals surface area contributed by atoms with Crippen LogP contribution in [0.3, 0.4) is 0 Å². The molecule has 94 valence electrons. The first-order chi connectivity index (χ1) is 7.66. The molecule has 0 aliphatic rings. The number of carboxylic acid groups (broad SMARTS) is 1. The molecule has 0 aromatic rings. The van der Waals surface area contributed by atoms with Gasteiger partial charge >= 0.3 is 5.97 Å². The van der Waals surface area contributed by atoms with Gasteiger partial charge in [-0.1, -0.05) is 38.3 Å². The number of aliphatic hydroxyl groups excluding tert-OH is 1. The lowest BCUT2D eigenvalue weighted by molar-refractivity contribution is -0.137. The van der Waals surface area contributed by atoms with Crippen LogP contribution in [0.2, 0.25) is 0 Å². The summed E-state index contributed by atoms with van der Waals surface area (Å²) in [6, 6.07) is 0. The highest BCUT2D eigenvalue weighted by molar-refractivity contribution is 5.66. The van der Waals surface area contributed by atoms with Gasteiger partial charge in [0.2, 0.25) is 0 Å². The molecule has 0 aromatic heterocycles. The Bertz CT molecular complexity index is 199. The number of aliphatic carboxylic acids is 1. The van der Waals surface area contributed by atoms with Gasteiger partial charge in [0.05, 0.1) is 6.10 Å². The van der Waals surface area contributed by atoms with Crippen molar-refractivity contribution in [2.24, 2.45) is 0 Å². The molecule has 3 heteroatoms. The molecule has 0 aliphatic heterocycles. The van der Waals surface area contributed by atoms with Gasteiger partial charge in [-0.3, -0.25) is 4.79 Å². The molecule has 2 N–H and O–H groups in total. The summed E-state index contributed by atoms with van der Waals surface area (Å²) in [6.07, 6.45) is 10.8. The fraction of sp³-hybridized carbons (Fsp3) is 0.769. The van der Waals surface area contributed by atoms with Crippen molar-refractivity contribution in [3.8, 4) is 0 Å². The molecule has 16 heavy (non-hydrogen) atoms. The Kier molecular flexibility index (Phi) is 10.1. The smallest absolute Gasteiger partial charge is 0.303 e. The second-order valence-corrected chi connectivity index (χ2v) is 4.10. The largest absolute Gasteiger partial charge is 0.481 e. The van der Waals surface area contributed by atoms with Crippen molar-refractivity contribution in [3.05, 3.63) is 12.2 Å². The van der Waals surface area contributed by atoms with E-state index in [0.717, 1.165) is 44.9 Å². The number of allylic oxidation sites excluding steroid dienone is 1. The third kappa shape index (κ3) is 11.2. The van der Waals surface area contributed by atoms with Gasteiger partial charge in [-0.15, -0.1) is 0 Å². The van der Waals surface area contributed by atoms with Gasteiger partial charge < -0.3 is 10.2 Å². The number of carbonyl (C=O) groups is 1. The number of unbranched alkanes of at least 4 members (excludes halogenated alkanes) is 5. The van der Waals surface area contributed by atoms with Crippen LogP contribution in [-0.2, 0) is 4.79 Å². The predicted molar refractivity (Wildman–Crippen MR) is 65.4 cm³/mol. The fourth-order valence-electron chi connectivity index (χ4n) is 1.46. The van der Waals surface area contributed by atoms with Crippen molar-refractivity contribution < 1.29 is 15.0 Å². The summed E-state index contributed by atoms with van der Waals surface area (Å²) < 4.78 is 0. The topological polar surface area (TPSA) is 57.5 Å². The van der Waals surface area contributed by atoms with Crippen LogP contribution in [0, 0.1) is 0 Å². The number of carboxylic acids is 1. The molecule has 0 aromatic carbocycles. The standard InChI is InChI=1S/C13H24O3/c1-2-12(14)10-8-6-4-3-5-7-9-11-13(15)16/h8,10,12,14H,2-7,9,11H2,1H3,(H,15,16)/b10-8+. The minimum Gasteiger partial charge on any atom is -0.481 e. The highest BCUT2D eigenvalue weighted by Gasteiger charge is 1.96. The SMILES string of the molecule is CCC(O)/C=C/CCCCCCCC(=O)O. The maximum Gasteiger partial charge on any atom is 0.303 e. The minimum absolute atomic E-state index is 0.294. The maximum atomic E-state index is 10.2. The number of rotatable bonds is 10. The van der Waals surface area contributed by atoms with Gasteiger partial charge in [-0.05, 0) is 25.7 Å². The molecule has 0 spiro atoms. The van der Waals surface area contributed by atoms with Crippen molar-refractivity contribution in [2.75, 3.05) is 0 Å². The zero-order valence-corrected chi connectivity index (χ0v) is 10.2. The molecule has 0 amide bonds. The van der Waals surface area contributed by atoms with E-state index in [2.05, 4.69) is 0 Å². The minimum atomic E-state index is -0.698. The Morgan fingerprint density at radius 2 is 1.81 bits per heavy atom. The average molecular weight is 228 g/mol. The van der Waals surface area contributed by atoms with Crippen LogP contribution in [0.15, 0.2) is 12.2 Å². The Hall–Kier alpha value is -0.830. The van der Waals surface area contributed by atoms with Crippen LogP contribution < -0.4 is 0 Å². The Balaban J connectivity index is 3.15. The number of hydrogen-bond acceptors (Lipinski definition) is 2. The zero-order valence-electron chi connectivity index (χ0n) is 10.2. The molecule has 0 aliphatic carbocycles. The number of aliphatic hydroxyl groups is 1. The maximum absolute atomic E-state index is 10.2. The van der Waals surface area contributed by atoms with Crippen molar-refractivity contribution in [2.45, 2.75) is 64.4 Å². The van der Waals surface area contributed by atoms with Gasteiger partial charge in [-0.2, -0.15) is 0 Å². The highest BCUT2D eigenvalue weighted by atomic mass is 16.4. The van der Waals surface area contributed by atoms with E-state index in [-0.39, 0.29) is 6.10 Å². The Labute approximate surface area is 98.2 Å². The van der Waals surface area contributed by atoms with E-state index < -0.39 is 5.97 Å². The highest BCUT2D eigenvalue weighted by Crippen LogP contribution is 2.07. The Morgan fingerprint density at radius 1 is 1.19 bits per heavy atom. The van der Waals surface area contributed by atoms with Crippen LogP contribution in [-0.4, -0.2) is 22.3 Å². The summed E-state index contributed by atoms with van der Waals surface area (Å²) in [6.45, 7) is 1.96. The molecule has 0 bridgehead atoms. The van der Waals surface area contributed by atoms with Crippen LogP contribution in [0.5, 0.6) is 0 Å². The first-order valence-corrected chi connectivity index (χ1v) is 6.23. The third-order valence-corrected chi connectivity index (χ3v) is 2.54. The molecule has 1 atom stereocenters. The number of hydrogen-bond donors (Lipinski definition) is 2. The van der Waals surface area contributed by atoms with E-state index in [1.807, 2.05) is 19.1 Å². The second kappa shape index (κ2) is 10.7. The van der Waals surface area contributed by atoms with Crippen molar-refractivity contribution in [3.63, 3.8) is 0 Å². The van der Waals surface area contributed by atoms with Crippen molar-refractivity contribution in [1.82, 2.24) is 0 Å². The van der Waals surface area contributed by atoms with Crippen LogP contribution in [0.1, 0.15) is 58.3 Å². The first kappa shape index (κ1) is 15.2. The normalized spacial score (nSPS) is 13.1. The fourth-order valence-corrected chi connectivity index (χ4v) is 1.46. The van der Waals surface area contributed by atoms with E-state index in [1.165, 1.54) is 0 Å². The lowest BCUT2D eigenvalue weighted by Gasteiger charge is -2.00. The van der Waals surface area contributed by atoms with Gasteiger partial charge in [-0.25, -0.2) is 0 Å². The molecule has 0 heterocycles. The van der Waals surface area contributed by atoms with E-state index in [0.29, 0.717) is 6.42 Å². The van der Waals surface area contributed by atoms with Gasteiger partial charge in [0.15, 0.2) is 0 Å². The predicted octanol–water partition coefficient (Wildman–Crippen LogP) is 3.13. The van der Waals surface area contributed by atoms with Crippen molar-refractivity contribution >= 4 is 5.97 Å². The summed E-state index contributed by atoms with van der Waals surface area (Å²) >= 11 is 0. The summed E-state index contributed by atoms with van der Waals surface area (Å²) in [4.78, 5) is 10.2. The van der Waals surface area contributed by atoms with E-state index in [9.17, 15) is 9.90 Å². The molecule has 0 fully saturated rings. The lowest BCUT2D eigenvalue weighted by atomic mass is 10.1. The quantitative estimate of drug-likeness (QED) is 0.446. The molecular weight excluding hydrogens is 204 g/mol. The van der Waals surface area contributed by atoms with E-state index in [4.69, 9.17) is 5.11 Å². The summed E-state index contributed by atoms with van der Waals surface area (Å²) in [5, 5.41) is 17.7. The lowest BCUT2D eigenvalue weighted by Crippen LogP contribution is -1.97. The summed E-state index contributed by atoms with van der Waals surface area (Å²) in [5.41, 5.74) is 0. The van der Waals surface area contributed by atoms with E-state index >= 15 is 0 Å². The molecule has 1 unspecified atom stereocenters. The Morgan fingerprint density at radius 3 is 2.44 bits per heavy atom.